The van der Waals surface area contributed by atoms with Crippen LogP contribution >= 0.6 is 0 Å². The first-order valence-corrected chi connectivity index (χ1v) is 5.97. The summed E-state index contributed by atoms with van der Waals surface area (Å²) in [6.07, 6.45) is 5.12. The van der Waals surface area contributed by atoms with Gasteiger partial charge in [0, 0.05) is 12.2 Å². The number of hydrogen-bond acceptors (Lipinski definition) is 2. The normalized spacial score (nSPS) is 21.9. The van der Waals surface area contributed by atoms with Gasteiger partial charge in [-0.05, 0) is 38.8 Å². The molecule has 0 bridgehead atoms. The molecule has 0 aromatic heterocycles. The van der Waals surface area contributed by atoms with Crippen LogP contribution < -0.4 is 0 Å². The summed E-state index contributed by atoms with van der Waals surface area (Å²) in [4.78, 5) is 4.74. The van der Waals surface area contributed by atoms with Gasteiger partial charge in [0.15, 0.2) is 0 Å². The average Bonchev–Trinajstić information content (AvgIpc) is 2.85. The summed E-state index contributed by atoms with van der Waals surface area (Å²) in [6, 6.07) is 0. The molecule has 2 fully saturated rings. The second kappa shape index (κ2) is 5.23. The minimum Gasteiger partial charge on any atom is -0.364 e. The minimum atomic E-state index is 0.882. The van der Waals surface area contributed by atoms with Gasteiger partial charge in [0.2, 0.25) is 0 Å². The summed E-state index contributed by atoms with van der Waals surface area (Å²) in [5.41, 5.74) is 1.27. The number of hydrogen-bond donors (Lipinski definition) is 0. The Labute approximate surface area is 92.9 Å². The molecular formula is C13H20N2. The summed E-state index contributed by atoms with van der Waals surface area (Å²) in [5, 5.41) is 0. The highest BCUT2D eigenvalue weighted by atomic mass is 15.1. The minimum absolute atomic E-state index is 0.882. The molecule has 0 saturated carbocycles. The molecule has 15 heavy (non-hydrogen) atoms. The van der Waals surface area contributed by atoms with Crippen molar-refractivity contribution in [3.8, 4) is 11.8 Å². The molecule has 2 aliphatic heterocycles. The molecular weight excluding hydrogens is 184 g/mol. The maximum atomic E-state index is 4.04. The molecule has 0 N–H and O–H groups in total. The van der Waals surface area contributed by atoms with Gasteiger partial charge in [0.05, 0.1) is 13.1 Å². The van der Waals surface area contributed by atoms with E-state index in [1.807, 2.05) is 0 Å². The Bertz CT molecular complexity index is 279. The molecule has 0 aromatic rings. The standard InChI is InChI=1S/C13H20N2/c1-13-7-6-12-15(13)11-5-4-10-14-8-2-3-9-14/h1-3,6-12H2. The van der Waals surface area contributed by atoms with Gasteiger partial charge in [-0.3, -0.25) is 4.90 Å². The highest BCUT2D eigenvalue weighted by Crippen LogP contribution is 2.17. The van der Waals surface area contributed by atoms with Crippen molar-refractivity contribution >= 4 is 0 Å². The van der Waals surface area contributed by atoms with Crippen LogP contribution in [0.2, 0.25) is 0 Å². The molecule has 2 heteroatoms. The van der Waals surface area contributed by atoms with Crippen LogP contribution in [0.1, 0.15) is 25.7 Å². The van der Waals surface area contributed by atoms with Gasteiger partial charge >= 0.3 is 0 Å². The van der Waals surface area contributed by atoms with Crippen molar-refractivity contribution in [2.75, 3.05) is 32.7 Å². The molecule has 2 nitrogen and oxygen atoms in total. The van der Waals surface area contributed by atoms with Gasteiger partial charge in [0.1, 0.15) is 0 Å². The molecule has 0 amide bonds. The largest absolute Gasteiger partial charge is 0.364 e. The lowest BCUT2D eigenvalue weighted by atomic mass is 10.3. The second-order valence-electron chi connectivity index (χ2n) is 4.43. The van der Waals surface area contributed by atoms with Crippen LogP contribution in [0, 0.1) is 11.8 Å². The van der Waals surface area contributed by atoms with E-state index in [1.165, 1.54) is 38.0 Å². The zero-order chi connectivity index (χ0) is 10.5. The third-order valence-corrected chi connectivity index (χ3v) is 3.24. The number of likely N-dealkylation sites (tertiary alicyclic amines) is 2. The lowest BCUT2D eigenvalue weighted by Gasteiger charge is -2.15. The molecule has 0 aromatic carbocycles. The second-order valence-corrected chi connectivity index (χ2v) is 4.43. The molecule has 2 rings (SSSR count). The maximum Gasteiger partial charge on any atom is 0.0791 e. The van der Waals surface area contributed by atoms with Crippen molar-refractivity contribution < 1.29 is 0 Å². The van der Waals surface area contributed by atoms with Gasteiger partial charge < -0.3 is 4.90 Å². The quantitative estimate of drug-likeness (QED) is 0.632. The summed E-state index contributed by atoms with van der Waals surface area (Å²) in [6.45, 7) is 9.51. The van der Waals surface area contributed by atoms with Crippen molar-refractivity contribution in [3.63, 3.8) is 0 Å². The Kier molecular flexibility index (Phi) is 3.69. The zero-order valence-corrected chi connectivity index (χ0v) is 9.47. The van der Waals surface area contributed by atoms with Crippen LogP contribution in [0.25, 0.3) is 0 Å². The molecule has 2 heterocycles. The van der Waals surface area contributed by atoms with Crippen molar-refractivity contribution in [2.45, 2.75) is 25.7 Å². The van der Waals surface area contributed by atoms with E-state index in [0.717, 1.165) is 26.1 Å². The fourth-order valence-corrected chi connectivity index (χ4v) is 2.24. The third-order valence-electron chi connectivity index (χ3n) is 3.24. The molecule has 2 aliphatic rings. The van der Waals surface area contributed by atoms with Crippen LogP contribution in [0.5, 0.6) is 0 Å². The van der Waals surface area contributed by atoms with E-state index >= 15 is 0 Å². The van der Waals surface area contributed by atoms with Crippen molar-refractivity contribution in [1.82, 2.24) is 9.80 Å². The highest BCUT2D eigenvalue weighted by Gasteiger charge is 2.12. The predicted octanol–water partition coefficient (Wildman–Crippen LogP) is 1.70. The van der Waals surface area contributed by atoms with Crippen LogP contribution in [0.15, 0.2) is 12.3 Å². The van der Waals surface area contributed by atoms with E-state index in [0.29, 0.717) is 0 Å². The van der Waals surface area contributed by atoms with Gasteiger partial charge in [-0.25, -0.2) is 0 Å². The number of nitrogens with zero attached hydrogens (tertiary/aromatic N) is 2. The van der Waals surface area contributed by atoms with Crippen molar-refractivity contribution in [3.05, 3.63) is 12.3 Å². The molecule has 0 radical (unpaired) electrons. The predicted molar refractivity (Wildman–Crippen MR) is 63.4 cm³/mol. The first kappa shape index (κ1) is 10.6. The van der Waals surface area contributed by atoms with Crippen LogP contribution in [-0.4, -0.2) is 42.5 Å². The lowest BCUT2D eigenvalue weighted by Crippen LogP contribution is -2.20. The summed E-state index contributed by atoms with van der Waals surface area (Å²) < 4.78 is 0. The summed E-state index contributed by atoms with van der Waals surface area (Å²) in [5.74, 6) is 6.53. The number of rotatable bonds is 2. The van der Waals surface area contributed by atoms with Crippen molar-refractivity contribution in [1.29, 1.82) is 0 Å². The van der Waals surface area contributed by atoms with Crippen LogP contribution in [0.3, 0.4) is 0 Å². The van der Waals surface area contributed by atoms with E-state index in [4.69, 9.17) is 0 Å². The fourth-order valence-electron chi connectivity index (χ4n) is 2.24. The monoisotopic (exact) mass is 204 g/mol. The smallest absolute Gasteiger partial charge is 0.0791 e. The SMILES string of the molecule is C=C1CCCN1CC#CCN1CCCC1. The molecule has 0 atom stereocenters. The fraction of sp³-hybridized carbons (Fsp3) is 0.692. The Balaban J connectivity index is 1.68. The van der Waals surface area contributed by atoms with Gasteiger partial charge in [-0.1, -0.05) is 18.4 Å². The Hall–Kier alpha value is -0.940. The first-order valence-electron chi connectivity index (χ1n) is 5.97. The summed E-state index contributed by atoms with van der Waals surface area (Å²) in [7, 11) is 0. The Morgan fingerprint density at radius 2 is 1.73 bits per heavy atom. The van der Waals surface area contributed by atoms with E-state index in [2.05, 4.69) is 28.2 Å². The molecule has 0 aliphatic carbocycles. The Morgan fingerprint density at radius 3 is 2.40 bits per heavy atom. The molecule has 0 unspecified atom stereocenters. The van der Waals surface area contributed by atoms with Crippen LogP contribution in [0.4, 0.5) is 0 Å². The average molecular weight is 204 g/mol. The molecule has 82 valence electrons. The van der Waals surface area contributed by atoms with E-state index < -0.39 is 0 Å². The number of allylic oxidation sites excluding steroid dienone is 1. The maximum absolute atomic E-state index is 4.04. The Morgan fingerprint density at radius 1 is 1.00 bits per heavy atom. The van der Waals surface area contributed by atoms with Crippen LogP contribution in [-0.2, 0) is 0 Å². The highest BCUT2D eigenvalue weighted by molar-refractivity contribution is 5.09. The van der Waals surface area contributed by atoms with Gasteiger partial charge in [-0.2, -0.15) is 0 Å². The molecule has 2 saturated heterocycles. The molecule has 0 spiro atoms. The van der Waals surface area contributed by atoms with E-state index in [-0.39, 0.29) is 0 Å². The van der Waals surface area contributed by atoms with Gasteiger partial charge in [0.25, 0.3) is 0 Å². The van der Waals surface area contributed by atoms with E-state index in [1.54, 1.807) is 0 Å². The third kappa shape index (κ3) is 3.00. The van der Waals surface area contributed by atoms with E-state index in [9.17, 15) is 0 Å². The lowest BCUT2D eigenvalue weighted by molar-refractivity contribution is 0.382. The van der Waals surface area contributed by atoms with Gasteiger partial charge in [-0.15, -0.1) is 0 Å². The zero-order valence-electron chi connectivity index (χ0n) is 9.47. The summed E-state index contributed by atoms with van der Waals surface area (Å²) >= 11 is 0. The topological polar surface area (TPSA) is 6.48 Å². The van der Waals surface area contributed by atoms with Crippen molar-refractivity contribution in [2.24, 2.45) is 0 Å². The first-order chi connectivity index (χ1) is 7.36.